The highest BCUT2D eigenvalue weighted by molar-refractivity contribution is 6.01. The van der Waals surface area contributed by atoms with Crippen LogP contribution in [0.15, 0.2) is 18.2 Å². The fraction of sp³-hybridized carbons (Fsp3) is 0.500. The van der Waals surface area contributed by atoms with E-state index in [2.05, 4.69) is 10.6 Å². The molecule has 22 heavy (non-hydrogen) atoms. The molecule has 3 rings (SSSR count). The van der Waals surface area contributed by atoms with Gasteiger partial charge < -0.3 is 15.4 Å². The lowest BCUT2D eigenvalue weighted by molar-refractivity contribution is -0.127. The maximum absolute atomic E-state index is 13.3. The van der Waals surface area contributed by atoms with Gasteiger partial charge in [-0.2, -0.15) is 0 Å². The molecule has 1 saturated heterocycles. The number of benzene rings is 1. The van der Waals surface area contributed by atoms with Gasteiger partial charge in [0.05, 0.1) is 18.1 Å². The van der Waals surface area contributed by atoms with Crippen molar-refractivity contribution in [2.24, 2.45) is 0 Å². The van der Waals surface area contributed by atoms with E-state index in [0.29, 0.717) is 11.3 Å². The molecule has 1 aromatic rings. The molecule has 118 valence electrons. The minimum atomic E-state index is -0.590. The van der Waals surface area contributed by atoms with Crippen LogP contribution in [-0.4, -0.2) is 30.6 Å². The van der Waals surface area contributed by atoms with Gasteiger partial charge in [0.1, 0.15) is 5.82 Å². The fourth-order valence-electron chi connectivity index (χ4n) is 3.09. The third kappa shape index (κ3) is 2.97. The molecule has 6 heteroatoms. The van der Waals surface area contributed by atoms with Gasteiger partial charge in [-0.25, -0.2) is 4.39 Å². The first-order chi connectivity index (χ1) is 10.5. The topological polar surface area (TPSA) is 67.4 Å². The van der Waals surface area contributed by atoms with Crippen LogP contribution in [0.3, 0.4) is 0 Å². The van der Waals surface area contributed by atoms with Crippen LogP contribution in [-0.2, 0) is 14.3 Å². The van der Waals surface area contributed by atoms with Gasteiger partial charge in [0.15, 0.2) is 0 Å². The molecule has 2 aliphatic rings. The second-order valence-electron chi connectivity index (χ2n) is 5.89. The number of carbonyl (C=O) groups is 2. The minimum absolute atomic E-state index is 0.0223. The average molecular weight is 306 g/mol. The van der Waals surface area contributed by atoms with Crippen molar-refractivity contribution in [3.8, 4) is 0 Å². The maximum atomic E-state index is 13.3. The van der Waals surface area contributed by atoms with Crippen molar-refractivity contribution in [2.45, 2.75) is 44.2 Å². The molecule has 2 N–H and O–H groups in total. The number of carbonyl (C=O) groups excluding carboxylic acids is 2. The van der Waals surface area contributed by atoms with Crippen molar-refractivity contribution in [3.05, 3.63) is 29.6 Å². The van der Waals surface area contributed by atoms with Crippen molar-refractivity contribution >= 4 is 17.5 Å². The normalized spacial score (nSPS) is 25.3. The summed E-state index contributed by atoms with van der Waals surface area (Å²) in [5.74, 6) is -1.52. The fourth-order valence-corrected chi connectivity index (χ4v) is 3.09. The van der Waals surface area contributed by atoms with Gasteiger partial charge in [-0.3, -0.25) is 9.59 Å². The summed E-state index contributed by atoms with van der Waals surface area (Å²) in [5, 5.41) is 5.54. The number of rotatable bonds is 3. The van der Waals surface area contributed by atoms with Gasteiger partial charge in [-0.05, 0) is 37.5 Å². The molecule has 1 aromatic carbocycles. The predicted molar refractivity (Wildman–Crippen MR) is 79.0 cm³/mol. The van der Waals surface area contributed by atoms with E-state index in [1.165, 1.54) is 12.1 Å². The Morgan fingerprint density at radius 3 is 3.05 bits per heavy atom. The first kappa shape index (κ1) is 15.0. The highest BCUT2D eigenvalue weighted by Crippen LogP contribution is 2.33. The molecule has 2 amide bonds. The summed E-state index contributed by atoms with van der Waals surface area (Å²) < 4.78 is 18.9. The highest BCUT2D eigenvalue weighted by Gasteiger charge is 2.33. The highest BCUT2D eigenvalue weighted by atomic mass is 19.1. The standard InChI is InChI=1S/C16H19FN2O3/c1-9(14-3-2-6-22-14)18-16(21)12-8-15(20)19-13-7-10(17)4-5-11(12)13/h4-5,7,9,12,14H,2-3,6,8H2,1H3,(H,18,21)(H,19,20)/t9-,12-,14+/m0/s1. The number of nitrogens with one attached hydrogen (secondary N) is 2. The van der Waals surface area contributed by atoms with Gasteiger partial charge in [0.2, 0.25) is 11.8 Å². The van der Waals surface area contributed by atoms with E-state index in [4.69, 9.17) is 4.74 Å². The number of halogens is 1. The summed E-state index contributed by atoms with van der Waals surface area (Å²) in [6.45, 7) is 2.63. The lowest BCUT2D eigenvalue weighted by atomic mass is 9.89. The molecule has 2 aliphatic heterocycles. The predicted octanol–water partition coefficient (Wildman–Crippen LogP) is 1.94. The van der Waals surface area contributed by atoms with Crippen molar-refractivity contribution in [1.82, 2.24) is 5.32 Å². The van der Waals surface area contributed by atoms with Crippen LogP contribution in [0.25, 0.3) is 0 Å². The Labute approximate surface area is 128 Å². The van der Waals surface area contributed by atoms with Crippen LogP contribution in [0.1, 0.15) is 37.7 Å². The molecule has 0 saturated carbocycles. The molecular formula is C16H19FN2O3. The zero-order valence-corrected chi connectivity index (χ0v) is 12.4. The van der Waals surface area contributed by atoms with Crippen LogP contribution in [0, 0.1) is 5.82 Å². The van der Waals surface area contributed by atoms with E-state index in [1.807, 2.05) is 6.92 Å². The SMILES string of the molecule is C[C@H](NC(=O)[C@H]1CC(=O)Nc2cc(F)ccc21)[C@H]1CCCO1. The number of anilines is 1. The molecule has 0 radical (unpaired) electrons. The molecular weight excluding hydrogens is 287 g/mol. The molecule has 0 aliphatic carbocycles. The molecule has 1 fully saturated rings. The zero-order valence-electron chi connectivity index (χ0n) is 12.4. The summed E-state index contributed by atoms with van der Waals surface area (Å²) in [4.78, 5) is 24.3. The van der Waals surface area contributed by atoms with Crippen LogP contribution in [0.2, 0.25) is 0 Å². The van der Waals surface area contributed by atoms with E-state index in [9.17, 15) is 14.0 Å². The van der Waals surface area contributed by atoms with Crippen molar-refractivity contribution < 1.29 is 18.7 Å². The van der Waals surface area contributed by atoms with E-state index in [1.54, 1.807) is 6.07 Å². The Hall–Kier alpha value is -1.95. The van der Waals surface area contributed by atoms with E-state index in [-0.39, 0.29) is 30.4 Å². The largest absolute Gasteiger partial charge is 0.376 e. The lowest BCUT2D eigenvalue weighted by Gasteiger charge is -2.27. The van der Waals surface area contributed by atoms with E-state index in [0.717, 1.165) is 19.4 Å². The molecule has 0 spiro atoms. The van der Waals surface area contributed by atoms with Gasteiger partial charge in [0, 0.05) is 18.7 Å². The van der Waals surface area contributed by atoms with E-state index >= 15 is 0 Å². The van der Waals surface area contributed by atoms with Gasteiger partial charge in [0.25, 0.3) is 0 Å². The average Bonchev–Trinajstić information content (AvgIpc) is 3.00. The lowest BCUT2D eigenvalue weighted by Crippen LogP contribution is -2.44. The minimum Gasteiger partial charge on any atom is -0.376 e. The smallest absolute Gasteiger partial charge is 0.228 e. The second kappa shape index (κ2) is 6.04. The van der Waals surface area contributed by atoms with Gasteiger partial charge in [-0.15, -0.1) is 0 Å². The van der Waals surface area contributed by atoms with Crippen molar-refractivity contribution in [2.75, 3.05) is 11.9 Å². The van der Waals surface area contributed by atoms with Gasteiger partial charge in [-0.1, -0.05) is 6.07 Å². The summed E-state index contributed by atoms with van der Waals surface area (Å²) in [6, 6.07) is 4.00. The maximum Gasteiger partial charge on any atom is 0.228 e. The monoisotopic (exact) mass is 306 g/mol. The number of amides is 2. The number of ether oxygens (including phenoxy) is 1. The molecule has 5 nitrogen and oxygen atoms in total. The number of hydrogen-bond donors (Lipinski definition) is 2. The summed E-state index contributed by atoms with van der Waals surface area (Å²) in [5.41, 5.74) is 1.03. The van der Waals surface area contributed by atoms with Crippen LogP contribution >= 0.6 is 0 Å². The molecule has 0 aromatic heterocycles. The Bertz CT molecular complexity index is 599. The van der Waals surface area contributed by atoms with E-state index < -0.39 is 11.7 Å². The molecule has 0 bridgehead atoms. The summed E-state index contributed by atoms with van der Waals surface area (Å²) in [7, 11) is 0. The van der Waals surface area contributed by atoms with Crippen LogP contribution in [0.4, 0.5) is 10.1 Å². The third-order valence-corrected chi connectivity index (χ3v) is 4.26. The van der Waals surface area contributed by atoms with Crippen molar-refractivity contribution in [3.63, 3.8) is 0 Å². The zero-order chi connectivity index (χ0) is 15.7. The number of hydrogen-bond acceptors (Lipinski definition) is 3. The molecule has 2 heterocycles. The first-order valence-electron chi connectivity index (χ1n) is 7.56. The van der Waals surface area contributed by atoms with Crippen molar-refractivity contribution in [1.29, 1.82) is 0 Å². The Morgan fingerprint density at radius 2 is 2.32 bits per heavy atom. The van der Waals surface area contributed by atoms with Crippen LogP contribution in [0.5, 0.6) is 0 Å². The molecule has 3 atom stereocenters. The van der Waals surface area contributed by atoms with Crippen LogP contribution < -0.4 is 10.6 Å². The quantitative estimate of drug-likeness (QED) is 0.897. The Kier molecular flexibility index (Phi) is 4.11. The summed E-state index contributed by atoms with van der Waals surface area (Å²) >= 11 is 0. The summed E-state index contributed by atoms with van der Waals surface area (Å²) in [6.07, 6.45) is 2.02. The first-order valence-corrected chi connectivity index (χ1v) is 7.56. The Morgan fingerprint density at radius 1 is 1.50 bits per heavy atom. The Balaban J connectivity index is 1.76. The molecule has 0 unspecified atom stereocenters. The number of fused-ring (bicyclic) bond motifs is 1. The van der Waals surface area contributed by atoms with Gasteiger partial charge >= 0.3 is 0 Å². The second-order valence-corrected chi connectivity index (χ2v) is 5.89. The third-order valence-electron chi connectivity index (χ3n) is 4.26.